The van der Waals surface area contributed by atoms with E-state index in [1.54, 1.807) is 0 Å². The first-order valence-corrected chi connectivity index (χ1v) is 9.50. The lowest BCUT2D eigenvalue weighted by Gasteiger charge is -2.20. The summed E-state index contributed by atoms with van der Waals surface area (Å²) in [5.41, 5.74) is 1.81. The van der Waals surface area contributed by atoms with E-state index < -0.39 is 0 Å². The summed E-state index contributed by atoms with van der Waals surface area (Å²) in [5.74, 6) is 0.743. The maximum atomic E-state index is 12.5. The van der Waals surface area contributed by atoms with Gasteiger partial charge < -0.3 is 10.6 Å². The molecule has 0 aliphatic rings. The molecule has 26 heavy (non-hydrogen) atoms. The summed E-state index contributed by atoms with van der Waals surface area (Å²) in [4.78, 5) is 12.5. The van der Waals surface area contributed by atoms with Crippen molar-refractivity contribution < 1.29 is 4.79 Å². The van der Waals surface area contributed by atoms with Gasteiger partial charge >= 0.3 is 6.03 Å². The largest absolute Gasteiger partial charge is 0.332 e. The van der Waals surface area contributed by atoms with E-state index in [9.17, 15) is 4.79 Å². The van der Waals surface area contributed by atoms with Gasteiger partial charge in [-0.2, -0.15) is 0 Å². The van der Waals surface area contributed by atoms with Crippen molar-refractivity contribution in [2.45, 2.75) is 38.8 Å². The number of urea groups is 1. The summed E-state index contributed by atoms with van der Waals surface area (Å²) >= 11 is 3.46. The van der Waals surface area contributed by atoms with Crippen LogP contribution in [0.25, 0.3) is 5.65 Å². The molecule has 2 atom stereocenters. The van der Waals surface area contributed by atoms with Gasteiger partial charge in [0.25, 0.3) is 0 Å². The second kappa shape index (κ2) is 8.31. The van der Waals surface area contributed by atoms with Crippen LogP contribution in [0, 0.1) is 0 Å². The molecule has 3 rings (SSSR count). The normalized spacial score (nSPS) is 13.3. The molecule has 0 aliphatic carbocycles. The minimum atomic E-state index is -0.219. The smallest absolute Gasteiger partial charge is 0.315 e. The van der Waals surface area contributed by atoms with Gasteiger partial charge in [-0.3, -0.25) is 4.40 Å². The molecule has 0 fully saturated rings. The number of halogens is 1. The number of nitrogens with zero attached hydrogens (tertiary/aromatic N) is 3. The molecule has 3 aromatic rings. The molecule has 0 saturated heterocycles. The molecule has 2 heterocycles. The number of nitrogens with one attached hydrogen (secondary N) is 2. The lowest BCUT2D eigenvalue weighted by molar-refractivity contribution is 0.232. The minimum absolute atomic E-state index is 0.107. The van der Waals surface area contributed by atoms with Crippen LogP contribution in [0.5, 0.6) is 0 Å². The van der Waals surface area contributed by atoms with Gasteiger partial charge in [0.2, 0.25) is 0 Å². The first-order chi connectivity index (χ1) is 12.6. The predicted octanol–water partition coefficient (Wildman–Crippen LogP) is 4.39. The van der Waals surface area contributed by atoms with Crippen LogP contribution in [0.2, 0.25) is 0 Å². The fourth-order valence-corrected chi connectivity index (χ4v) is 3.32. The van der Waals surface area contributed by atoms with Gasteiger partial charge in [0.05, 0.1) is 12.1 Å². The highest BCUT2D eigenvalue weighted by molar-refractivity contribution is 9.10. The zero-order valence-electron chi connectivity index (χ0n) is 14.8. The Bertz CT molecular complexity index is 894. The molecular formula is C19H22BrN5O. The standard InChI is InChI=1S/C19H22BrN5O/c1-3-7-16(18-24-23-17-10-4-5-11-25(17)18)22-19(26)21-13(2)14-8-6-9-15(20)12-14/h4-6,8-13,16H,3,7H2,1-2H3,(H2,21,22,26). The number of carbonyl (C=O) groups is 1. The van der Waals surface area contributed by atoms with Crippen molar-refractivity contribution in [2.24, 2.45) is 0 Å². The number of amides is 2. The van der Waals surface area contributed by atoms with E-state index in [0.717, 1.165) is 34.3 Å². The molecule has 0 saturated carbocycles. The monoisotopic (exact) mass is 415 g/mol. The quantitative estimate of drug-likeness (QED) is 0.626. The van der Waals surface area contributed by atoms with Crippen LogP contribution < -0.4 is 10.6 Å². The molecule has 2 unspecified atom stereocenters. The van der Waals surface area contributed by atoms with Crippen LogP contribution in [0.1, 0.15) is 50.2 Å². The third-order valence-corrected chi connectivity index (χ3v) is 4.72. The number of carbonyl (C=O) groups excluding carboxylic acids is 1. The van der Waals surface area contributed by atoms with Crippen molar-refractivity contribution in [3.63, 3.8) is 0 Å². The number of benzene rings is 1. The Morgan fingerprint density at radius 1 is 1.19 bits per heavy atom. The van der Waals surface area contributed by atoms with Gasteiger partial charge in [-0.1, -0.05) is 47.5 Å². The van der Waals surface area contributed by atoms with E-state index in [1.807, 2.05) is 60.0 Å². The Morgan fingerprint density at radius 3 is 2.81 bits per heavy atom. The van der Waals surface area contributed by atoms with Crippen molar-refractivity contribution in [3.05, 3.63) is 64.5 Å². The van der Waals surface area contributed by atoms with Crippen molar-refractivity contribution in [1.29, 1.82) is 0 Å². The second-order valence-electron chi connectivity index (χ2n) is 6.22. The Morgan fingerprint density at radius 2 is 2.04 bits per heavy atom. The van der Waals surface area contributed by atoms with Crippen LogP contribution in [0.4, 0.5) is 4.79 Å². The highest BCUT2D eigenvalue weighted by Crippen LogP contribution is 2.20. The van der Waals surface area contributed by atoms with E-state index in [-0.39, 0.29) is 18.1 Å². The molecule has 6 nitrogen and oxygen atoms in total. The van der Waals surface area contributed by atoms with Crippen molar-refractivity contribution >= 4 is 27.6 Å². The van der Waals surface area contributed by atoms with Crippen LogP contribution in [0.3, 0.4) is 0 Å². The number of hydrogen-bond acceptors (Lipinski definition) is 3. The summed E-state index contributed by atoms with van der Waals surface area (Å²) in [7, 11) is 0. The molecule has 0 aliphatic heterocycles. The maximum Gasteiger partial charge on any atom is 0.315 e. The lowest BCUT2D eigenvalue weighted by Crippen LogP contribution is -2.39. The van der Waals surface area contributed by atoms with Gasteiger partial charge in [0.1, 0.15) is 0 Å². The highest BCUT2D eigenvalue weighted by Gasteiger charge is 2.20. The van der Waals surface area contributed by atoms with E-state index in [2.05, 4.69) is 43.7 Å². The molecule has 0 bridgehead atoms. The molecule has 2 amide bonds. The summed E-state index contributed by atoms with van der Waals surface area (Å²) in [5, 5.41) is 14.5. The second-order valence-corrected chi connectivity index (χ2v) is 7.14. The average Bonchev–Trinajstić information content (AvgIpc) is 3.05. The lowest BCUT2D eigenvalue weighted by atomic mass is 10.1. The SMILES string of the molecule is CCCC(NC(=O)NC(C)c1cccc(Br)c1)c1nnc2ccccn12. The number of rotatable bonds is 6. The Labute approximate surface area is 161 Å². The Hall–Kier alpha value is -2.41. The van der Waals surface area contributed by atoms with E-state index in [0.29, 0.717) is 0 Å². The third kappa shape index (κ3) is 4.22. The number of aromatic nitrogens is 3. The van der Waals surface area contributed by atoms with Crippen LogP contribution >= 0.6 is 15.9 Å². The van der Waals surface area contributed by atoms with Crippen molar-refractivity contribution in [3.8, 4) is 0 Å². The molecule has 0 radical (unpaired) electrons. The minimum Gasteiger partial charge on any atom is -0.332 e. The first-order valence-electron chi connectivity index (χ1n) is 8.70. The van der Waals surface area contributed by atoms with Crippen LogP contribution in [-0.4, -0.2) is 20.6 Å². The fourth-order valence-electron chi connectivity index (χ4n) is 2.91. The zero-order chi connectivity index (χ0) is 18.5. The Balaban J connectivity index is 1.72. The Kier molecular flexibility index (Phi) is 5.88. The number of fused-ring (bicyclic) bond motifs is 1. The number of pyridine rings is 1. The molecule has 136 valence electrons. The highest BCUT2D eigenvalue weighted by atomic mass is 79.9. The summed E-state index contributed by atoms with van der Waals surface area (Å²) in [6, 6.07) is 13.1. The van der Waals surface area contributed by atoms with Gasteiger partial charge in [-0.25, -0.2) is 4.79 Å². The molecule has 0 spiro atoms. The van der Waals surface area contributed by atoms with E-state index in [4.69, 9.17) is 0 Å². The molecule has 1 aromatic carbocycles. The number of hydrogen-bond donors (Lipinski definition) is 2. The summed E-state index contributed by atoms with van der Waals surface area (Å²) in [6.45, 7) is 4.04. The predicted molar refractivity (Wildman–Crippen MR) is 105 cm³/mol. The van der Waals surface area contributed by atoms with Crippen LogP contribution in [0.15, 0.2) is 53.1 Å². The van der Waals surface area contributed by atoms with Gasteiger partial charge in [-0.05, 0) is 43.2 Å². The van der Waals surface area contributed by atoms with Gasteiger partial charge in [0, 0.05) is 10.7 Å². The third-order valence-electron chi connectivity index (χ3n) is 4.23. The van der Waals surface area contributed by atoms with Crippen LogP contribution in [-0.2, 0) is 0 Å². The molecule has 2 aromatic heterocycles. The van der Waals surface area contributed by atoms with Crippen molar-refractivity contribution in [2.75, 3.05) is 0 Å². The van der Waals surface area contributed by atoms with Crippen molar-refractivity contribution in [1.82, 2.24) is 25.2 Å². The first kappa shape index (κ1) is 18.4. The molecular weight excluding hydrogens is 394 g/mol. The summed E-state index contributed by atoms with van der Waals surface area (Å²) < 4.78 is 2.90. The molecule has 2 N–H and O–H groups in total. The summed E-state index contributed by atoms with van der Waals surface area (Å²) in [6.07, 6.45) is 3.62. The fraction of sp³-hybridized carbons (Fsp3) is 0.316. The average molecular weight is 416 g/mol. The van der Waals surface area contributed by atoms with E-state index in [1.165, 1.54) is 0 Å². The van der Waals surface area contributed by atoms with E-state index >= 15 is 0 Å². The van der Waals surface area contributed by atoms with Gasteiger partial charge in [-0.15, -0.1) is 10.2 Å². The maximum absolute atomic E-state index is 12.5. The zero-order valence-corrected chi connectivity index (χ0v) is 16.4. The molecule has 7 heteroatoms. The van der Waals surface area contributed by atoms with Gasteiger partial charge in [0.15, 0.2) is 11.5 Å². The topological polar surface area (TPSA) is 71.3 Å².